The first-order chi connectivity index (χ1) is 7.83. The molecule has 0 aliphatic heterocycles. The molecule has 3 unspecified atom stereocenters. The van der Waals surface area contributed by atoms with E-state index in [9.17, 15) is 0 Å². The van der Waals surface area contributed by atoms with Crippen molar-refractivity contribution in [2.24, 2.45) is 17.6 Å². The first-order valence-corrected chi connectivity index (χ1v) is 6.92. The van der Waals surface area contributed by atoms with Crippen LogP contribution in [0.4, 0.5) is 0 Å². The SMILES string of the molecule is CNC1CCC=CC1C(N)C1CCCCC1. The molecule has 92 valence electrons. The lowest BCUT2D eigenvalue weighted by atomic mass is 9.74. The Morgan fingerprint density at radius 3 is 2.62 bits per heavy atom. The largest absolute Gasteiger partial charge is 0.327 e. The first-order valence-electron chi connectivity index (χ1n) is 6.92. The van der Waals surface area contributed by atoms with Crippen LogP contribution in [0.25, 0.3) is 0 Å². The predicted octanol–water partition coefficient (Wildman–Crippen LogP) is 2.45. The maximum atomic E-state index is 6.50. The van der Waals surface area contributed by atoms with E-state index >= 15 is 0 Å². The molecule has 3 atom stereocenters. The number of nitrogens with one attached hydrogen (secondary N) is 1. The van der Waals surface area contributed by atoms with Gasteiger partial charge in [-0.25, -0.2) is 0 Å². The highest BCUT2D eigenvalue weighted by Crippen LogP contribution is 2.32. The highest BCUT2D eigenvalue weighted by Gasteiger charge is 2.31. The van der Waals surface area contributed by atoms with E-state index in [1.807, 2.05) is 0 Å². The van der Waals surface area contributed by atoms with Gasteiger partial charge < -0.3 is 11.1 Å². The van der Waals surface area contributed by atoms with Gasteiger partial charge >= 0.3 is 0 Å². The van der Waals surface area contributed by atoms with Crippen molar-refractivity contribution in [2.75, 3.05) is 7.05 Å². The molecule has 0 aromatic rings. The summed E-state index contributed by atoms with van der Waals surface area (Å²) in [6.07, 6.45) is 14.0. The minimum Gasteiger partial charge on any atom is -0.327 e. The van der Waals surface area contributed by atoms with Gasteiger partial charge in [0, 0.05) is 18.0 Å². The van der Waals surface area contributed by atoms with Crippen LogP contribution >= 0.6 is 0 Å². The van der Waals surface area contributed by atoms with Gasteiger partial charge in [0.05, 0.1) is 0 Å². The normalized spacial score (nSPS) is 33.9. The van der Waals surface area contributed by atoms with Crippen molar-refractivity contribution in [3.63, 3.8) is 0 Å². The second-order valence-electron chi connectivity index (χ2n) is 5.45. The van der Waals surface area contributed by atoms with Gasteiger partial charge in [0.25, 0.3) is 0 Å². The molecular weight excluding hydrogens is 196 g/mol. The van der Waals surface area contributed by atoms with Gasteiger partial charge in [0.1, 0.15) is 0 Å². The maximum absolute atomic E-state index is 6.50. The Labute approximate surface area is 99.7 Å². The molecule has 1 saturated carbocycles. The predicted molar refractivity (Wildman–Crippen MR) is 69.3 cm³/mol. The molecule has 0 bridgehead atoms. The quantitative estimate of drug-likeness (QED) is 0.720. The van der Waals surface area contributed by atoms with Crippen LogP contribution in [0.5, 0.6) is 0 Å². The van der Waals surface area contributed by atoms with Crippen molar-refractivity contribution in [3.8, 4) is 0 Å². The summed E-state index contributed by atoms with van der Waals surface area (Å²) in [6.45, 7) is 0. The van der Waals surface area contributed by atoms with Gasteiger partial charge in [-0.1, -0.05) is 31.4 Å². The van der Waals surface area contributed by atoms with Gasteiger partial charge in [-0.05, 0) is 38.6 Å². The Kier molecular flexibility index (Phi) is 4.42. The number of rotatable bonds is 3. The zero-order valence-corrected chi connectivity index (χ0v) is 10.5. The van der Waals surface area contributed by atoms with Crippen molar-refractivity contribution < 1.29 is 0 Å². The zero-order valence-electron chi connectivity index (χ0n) is 10.5. The van der Waals surface area contributed by atoms with Crippen LogP contribution < -0.4 is 11.1 Å². The average Bonchev–Trinajstić information content (AvgIpc) is 2.39. The third kappa shape index (κ3) is 2.67. The minimum atomic E-state index is 0.370. The summed E-state index contributed by atoms with van der Waals surface area (Å²) in [5.74, 6) is 1.32. The number of hydrogen-bond donors (Lipinski definition) is 2. The lowest BCUT2D eigenvalue weighted by Crippen LogP contribution is -2.48. The second-order valence-corrected chi connectivity index (χ2v) is 5.45. The van der Waals surface area contributed by atoms with E-state index in [1.165, 1.54) is 44.9 Å². The van der Waals surface area contributed by atoms with Crippen molar-refractivity contribution in [1.29, 1.82) is 0 Å². The van der Waals surface area contributed by atoms with Gasteiger partial charge in [0.2, 0.25) is 0 Å². The zero-order chi connectivity index (χ0) is 11.4. The molecule has 0 spiro atoms. The van der Waals surface area contributed by atoms with Crippen LogP contribution in [0.2, 0.25) is 0 Å². The van der Waals surface area contributed by atoms with Crippen LogP contribution in [0.3, 0.4) is 0 Å². The molecule has 1 fully saturated rings. The highest BCUT2D eigenvalue weighted by atomic mass is 14.9. The molecule has 16 heavy (non-hydrogen) atoms. The topological polar surface area (TPSA) is 38.0 Å². The van der Waals surface area contributed by atoms with Gasteiger partial charge in [-0.2, -0.15) is 0 Å². The summed E-state index contributed by atoms with van der Waals surface area (Å²) in [6, 6.07) is 0.969. The van der Waals surface area contributed by atoms with E-state index in [0.29, 0.717) is 18.0 Å². The summed E-state index contributed by atoms with van der Waals surface area (Å²) in [5, 5.41) is 3.44. The van der Waals surface area contributed by atoms with E-state index in [2.05, 4.69) is 24.5 Å². The molecule has 3 N–H and O–H groups in total. The molecule has 0 heterocycles. The molecule has 2 aliphatic carbocycles. The number of allylic oxidation sites excluding steroid dienone is 1. The summed E-state index contributed by atoms with van der Waals surface area (Å²) in [4.78, 5) is 0. The van der Waals surface area contributed by atoms with Crippen LogP contribution in [-0.2, 0) is 0 Å². The van der Waals surface area contributed by atoms with E-state index in [-0.39, 0.29) is 0 Å². The number of nitrogens with two attached hydrogens (primary N) is 1. The third-order valence-corrected chi connectivity index (χ3v) is 4.48. The molecule has 0 aromatic carbocycles. The first kappa shape index (κ1) is 12.1. The monoisotopic (exact) mass is 222 g/mol. The molecule has 0 radical (unpaired) electrons. The summed E-state index contributed by atoms with van der Waals surface area (Å²) >= 11 is 0. The molecule has 2 aliphatic rings. The average molecular weight is 222 g/mol. The Morgan fingerprint density at radius 1 is 1.19 bits per heavy atom. The third-order valence-electron chi connectivity index (χ3n) is 4.48. The van der Waals surface area contributed by atoms with Crippen LogP contribution in [-0.4, -0.2) is 19.1 Å². The van der Waals surface area contributed by atoms with Crippen molar-refractivity contribution >= 4 is 0 Å². The van der Waals surface area contributed by atoms with E-state index in [0.717, 1.165) is 5.92 Å². The lowest BCUT2D eigenvalue weighted by Gasteiger charge is -2.37. The Bertz CT molecular complexity index is 231. The summed E-state index contributed by atoms with van der Waals surface area (Å²) in [5.41, 5.74) is 6.50. The molecule has 2 rings (SSSR count). The van der Waals surface area contributed by atoms with Crippen LogP contribution in [0.15, 0.2) is 12.2 Å². The molecular formula is C14H26N2. The Balaban J connectivity index is 1.97. The van der Waals surface area contributed by atoms with Crippen molar-refractivity contribution in [1.82, 2.24) is 5.32 Å². The fourth-order valence-electron chi connectivity index (χ4n) is 3.42. The lowest BCUT2D eigenvalue weighted by molar-refractivity contribution is 0.229. The second kappa shape index (κ2) is 5.83. The number of hydrogen-bond acceptors (Lipinski definition) is 2. The van der Waals surface area contributed by atoms with Crippen molar-refractivity contribution in [3.05, 3.63) is 12.2 Å². The van der Waals surface area contributed by atoms with E-state index < -0.39 is 0 Å². The minimum absolute atomic E-state index is 0.370. The summed E-state index contributed by atoms with van der Waals surface area (Å²) < 4.78 is 0. The maximum Gasteiger partial charge on any atom is 0.0145 e. The van der Waals surface area contributed by atoms with E-state index in [1.54, 1.807) is 0 Å². The smallest absolute Gasteiger partial charge is 0.0145 e. The Morgan fingerprint density at radius 2 is 1.94 bits per heavy atom. The van der Waals surface area contributed by atoms with Crippen molar-refractivity contribution in [2.45, 2.75) is 57.0 Å². The van der Waals surface area contributed by atoms with Gasteiger partial charge in [0.15, 0.2) is 0 Å². The highest BCUT2D eigenvalue weighted by molar-refractivity contribution is 5.05. The standard InChI is InChI=1S/C14H26N2/c1-16-13-10-6-5-9-12(13)14(15)11-7-3-2-4-8-11/h5,9,11-14,16H,2-4,6-8,10,15H2,1H3. The van der Waals surface area contributed by atoms with Gasteiger partial charge in [-0.3, -0.25) is 0 Å². The molecule has 2 heteroatoms. The van der Waals surface area contributed by atoms with Crippen LogP contribution in [0.1, 0.15) is 44.9 Å². The fourth-order valence-corrected chi connectivity index (χ4v) is 3.42. The molecule has 0 aromatic heterocycles. The molecule has 0 saturated heterocycles. The molecule has 0 amide bonds. The van der Waals surface area contributed by atoms with Crippen LogP contribution in [0, 0.1) is 11.8 Å². The summed E-state index contributed by atoms with van der Waals surface area (Å²) in [7, 11) is 2.07. The fraction of sp³-hybridized carbons (Fsp3) is 0.857. The van der Waals surface area contributed by atoms with E-state index in [4.69, 9.17) is 5.73 Å². The van der Waals surface area contributed by atoms with Gasteiger partial charge in [-0.15, -0.1) is 0 Å². The molecule has 2 nitrogen and oxygen atoms in total. The Hall–Kier alpha value is -0.340.